The lowest BCUT2D eigenvalue weighted by Crippen LogP contribution is -2.50. The second-order valence-electron chi connectivity index (χ2n) is 5.38. The van der Waals surface area contributed by atoms with E-state index in [-0.39, 0.29) is 18.8 Å². The normalized spacial score (nSPS) is 22.4. The van der Waals surface area contributed by atoms with Gasteiger partial charge in [0, 0.05) is 10.4 Å². The summed E-state index contributed by atoms with van der Waals surface area (Å²) >= 11 is 1.35. The van der Waals surface area contributed by atoms with Crippen LogP contribution in [0, 0.1) is 13.8 Å². The minimum Gasteiger partial charge on any atom is -0.297 e. The van der Waals surface area contributed by atoms with E-state index in [9.17, 15) is 13.2 Å². The summed E-state index contributed by atoms with van der Waals surface area (Å²) in [7, 11) is 0. The summed E-state index contributed by atoms with van der Waals surface area (Å²) in [5, 5.41) is 13.9. The number of hydrogen-bond donors (Lipinski definition) is 1. The molecule has 0 aromatic carbocycles. The number of halogens is 3. The lowest BCUT2D eigenvalue weighted by atomic mass is 9.96. The fourth-order valence-corrected chi connectivity index (χ4v) is 3.36. The van der Waals surface area contributed by atoms with E-state index in [2.05, 4.69) is 25.1 Å². The standard InChI is InChI=1S/C12H15F3N6S/c1-7-9(8(2)22-19-7)6-21-18-10(17-20-21)11(12(13,14)15)4-3-5-16-11/h16H,3-6H2,1-2H3. The van der Waals surface area contributed by atoms with Gasteiger partial charge in [0.15, 0.2) is 5.54 Å². The summed E-state index contributed by atoms with van der Waals surface area (Å²) in [4.78, 5) is 2.20. The summed E-state index contributed by atoms with van der Waals surface area (Å²) in [5.41, 5.74) is -0.414. The minimum absolute atomic E-state index is 0.0692. The first kappa shape index (κ1) is 15.3. The zero-order chi connectivity index (χ0) is 16.0. The molecule has 1 saturated heterocycles. The van der Waals surface area contributed by atoms with E-state index in [0.29, 0.717) is 13.0 Å². The Kier molecular flexibility index (Phi) is 3.68. The predicted octanol–water partition coefficient (Wildman–Crippen LogP) is 1.94. The van der Waals surface area contributed by atoms with Crippen molar-refractivity contribution < 1.29 is 13.2 Å². The van der Waals surface area contributed by atoms with E-state index in [0.717, 1.165) is 16.1 Å². The fraction of sp³-hybridized carbons (Fsp3) is 0.667. The quantitative estimate of drug-likeness (QED) is 0.930. The Balaban J connectivity index is 1.90. The first-order valence-corrected chi connectivity index (χ1v) is 7.62. The maximum Gasteiger partial charge on any atom is 0.414 e. The molecule has 1 atom stereocenters. The van der Waals surface area contributed by atoms with Crippen LogP contribution in [0.4, 0.5) is 13.2 Å². The molecule has 1 fully saturated rings. The lowest BCUT2D eigenvalue weighted by molar-refractivity contribution is -0.198. The molecule has 1 unspecified atom stereocenters. The van der Waals surface area contributed by atoms with Crippen LogP contribution < -0.4 is 5.32 Å². The molecule has 0 bridgehead atoms. The average molecular weight is 332 g/mol. The number of nitrogens with one attached hydrogen (secondary N) is 1. The van der Waals surface area contributed by atoms with Crippen molar-refractivity contribution in [2.24, 2.45) is 0 Å². The Bertz CT molecular complexity index is 651. The molecule has 1 N–H and O–H groups in total. The number of tetrazole rings is 1. The third-order valence-electron chi connectivity index (χ3n) is 3.95. The SMILES string of the molecule is Cc1nsc(C)c1Cn1nnc(C2(C(F)(F)F)CCCN2)n1. The Morgan fingerprint density at radius 1 is 1.36 bits per heavy atom. The summed E-state index contributed by atoms with van der Waals surface area (Å²) < 4.78 is 44.5. The van der Waals surface area contributed by atoms with Crippen molar-refractivity contribution in [1.29, 1.82) is 0 Å². The first-order valence-electron chi connectivity index (χ1n) is 6.85. The Morgan fingerprint density at radius 3 is 2.68 bits per heavy atom. The maximum atomic E-state index is 13.4. The molecule has 0 amide bonds. The van der Waals surface area contributed by atoms with Crippen molar-refractivity contribution in [3.63, 3.8) is 0 Å². The van der Waals surface area contributed by atoms with Crippen molar-refractivity contribution in [2.45, 2.75) is 44.9 Å². The zero-order valence-electron chi connectivity index (χ0n) is 12.1. The molecule has 2 aromatic rings. The summed E-state index contributed by atoms with van der Waals surface area (Å²) in [5.74, 6) is -0.309. The monoisotopic (exact) mass is 332 g/mol. The van der Waals surface area contributed by atoms with Crippen LogP contribution in [0.5, 0.6) is 0 Å². The topological polar surface area (TPSA) is 68.5 Å². The highest BCUT2D eigenvalue weighted by Crippen LogP contribution is 2.43. The molecule has 22 heavy (non-hydrogen) atoms. The van der Waals surface area contributed by atoms with Gasteiger partial charge in [-0.2, -0.15) is 22.3 Å². The molecule has 0 radical (unpaired) electrons. The van der Waals surface area contributed by atoms with Crippen LogP contribution in [0.2, 0.25) is 0 Å². The summed E-state index contributed by atoms with van der Waals surface area (Å²) in [6.45, 7) is 4.33. The highest BCUT2D eigenvalue weighted by Gasteiger charge is 2.60. The minimum atomic E-state index is -4.45. The molecule has 3 rings (SSSR count). The average Bonchev–Trinajstić information content (AvgIpc) is 3.14. The van der Waals surface area contributed by atoms with Gasteiger partial charge >= 0.3 is 6.18 Å². The maximum absolute atomic E-state index is 13.4. The van der Waals surface area contributed by atoms with Gasteiger partial charge in [0.05, 0.1) is 12.2 Å². The molecular formula is C12H15F3N6S. The summed E-state index contributed by atoms with van der Waals surface area (Å²) in [6, 6.07) is 0. The highest BCUT2D eigenvalue weighted by atomic mass is 32.1. The second-order valence-corrected chi connectivity index (χ2v) is 6.36. The van der Waals surface area contributed by atoms with Gasteiger partial charge in [-0.1, -0.05) is 0 Å². The van der Waals surface area contributed by atoms with Crippen LogP contribution in [0.1, 0.15) is 34.8 Å². The number of nitrogens with zero attached hydrogens (tertiary/aromatic N) is 5. The van der Waals surface area contributed by atoms with Gasteiger partial charge in [-0.25, -0.2) is 0 Å². The molecular weight excluding hydrogens is 317 g/mol. The van der Waals surface area contributed by atoms with Crippen molar-refractivity contribution >= 4 is 11.5 Å². The van der Waals surface area contributed by atoms with Gasteiger partial charge in [-0.3, -0.25) is 5.32 Å². The van der Waals surface area contributed by atoms with Gasteiger partial charge in [-0.05, 0) is 50.0 Å². The van der Waals surface area contributed by atoms with Gasteiger partial charge < -0.3 is 0 Å². The van der Waals surface area contributed by atoms with Crippen LogP contribution in [0.15, 0.2) is 0 Å². The molecule has 120 valence electrons. The molecule has 1 aliphatic heterocycles. The highest BCUT2D eigenvalue weighted by molar-refractivity contribution is 7.05. The van der Waals surface area contributed by atoms with Gasteiger partial charge in [0.2, 0.25) is 5.82 Å². The van der Waals surface area contributed by atoms with E-state index in [1.165, 1.54) is 16.3 Å². The lowest BCUT2D eigenvalue weighted by Gasteiger charge is -2.28. The van der Waals surface area contributed by atoms with Crippen molar-refractivity contribution in [3.8, 4) is 0 Å². The molecule has 0 spiro atoms. The molecule has 0 saturated carbocycles. The summed E-state index contributed by atoms with van der Waals surface area (Å²) in [6.07, 6.45) is -4.09. The fourth-order valence-electron chi connectivity index (χ4n) is 2.65. The number of rotatable bonds is 3. The third kappa shape index (κ3) is 2.39. The molecule has 10 heteroatoms. The first-order chi connectivity index (χ1) is 10.3. The van der Waals surface area contributed by atoms with E-state index in [4.69, 9.17) is 0 Å². The zero-order valence-corrected chi connectivity index (χ0v) is 12.9. The van der Waals surface area contributed by atoms with Crippen molar-refractivity contribution in [2.75, 3.05) is 6.54 Å². The van der Waals surface area contributed by atoms with Crippen LogP contribution in [-0.2, 0) is 12.1 Å². The van der Waals surface area contributed by atoms with E-state index in [1.54, 1.807) is 0 Å². The number of aryl methyl sites for hydroxylation is 2. The van der Waals surface area contributed by atoms with E-state index >= 15 is 0 Å². The Morgan fingerprint density at radius 2 is 2.14 bits per heavy atom. The number of alkyl halides is 3. The largest absolute Gasteiger partial charge is 0.414 e. The van der Waals surface area contributed by atoms with Crippen LogP contribution in [0.25, 0.3) is 0 Å². The smallest absolute Gasteiger partial charge is 0.297 e. The van der Waals surface area contributed by atoms with E-state index < -0.39 is 11.7 Å². The van der Waals surface area contributed by atoms with E-state index in [1.807, 2.05) is 13.8 Å². The molecule has 6 nitrogen and oxygen atoms in total. The van der Waals surface area contributed by atoms with Crippen molar-refractivity contribution in [1.82, 2.24) is 29.9 Å². The second kappa shape index (κ2) is 5.27. The van der Waals surface area contributed by atoms with Crippen LogP contribution in [0.3, 0.4) is 0 Å². The van der Waals surface area contributed by atoms with Gasteiger partial charge in [-0.15, -0.1) is 10.2 Å². The Labute approximate surface area is 128 Å². The molecule has 0 aliphatic carbocycles. The molecule has 1 aliphatic rings. The molecule has 3 heterocycles. The van der Waals surface area contributed by atoms with Crippen LogP contribution in [-0.4, -0.2) is 37.3 Å². The van der Waals surface area contributed by atoms with Gasteiger partial charge in [0.1, 0.15) is 0 Å². The number of hydrogen-bond acceptors (Lipinski definition) is 6. The predicted molar refractivity (Wildman–Crippen MR) is 73.5 cm³/mol. The third-order valence-corrected chi connectivity index (χ3v) is 4.84. The van der Waals surface area contributed by atoms with Gasteiger partial charge in [0.25, 0.3) is 0 Å². The molecule has 2 aromatic heterocycles. The van der Waals surface area contributed by atoms with Crippen molar-refractivity contribution in [3.05, 3.63) is 22.0 Å². The van der Waals surface area contributed by atoms with Crippen LogP contribution >= 0.6 is 11.5 Å². The number of aromatic nitrogens is 5. The Hall–Kier alpha value is -1.55.